The number of halogens is 2. The van der Waals surface area contributed by atoms with Crippen molar-refractivity contribution in [3.8, 4) is 0 Å². The third kappa shape index (κ3) is 3.08. The number of H-pyrrole nitrogens is 1. The Kier molecular flexibility index (Phi) is 4.32. The Morgan fingerprint density at radius 1 is 1.21 bits per heavy atom. The fraction of sp³-hybridized carbons (Fsp3) is 0.273. The highest BCUT2D eigenvalue weighted by Gasteiger charge is 2.39. The molecule has 0 saturated carbocycles. The zero-order valence-corrected chi connectivity index (χ0v) is 16.4. The van der Waals surface area contributed by atoms with Crippen LogP contribution in [-0.4, -0.2) is 34.8 Å². The molecule has 0 bridgehead atoms. The SMILES string of the molecule is O=C(C1CC(=O)N(c2ccccc2F)C1)N1CCc2[nH]c3ccc(Cl)cc3c2C1. The number of anilines is 1. The standard InChI is InChI=1S/C22H19ClFN3O2/c23-14-5-6-18-15(10-14)16-12-26(8-7-19(16)25-18)22(29)13-9-21(28)27(11-13)20-4-2-1-3-17(20)24/h1-6,10,13,25H,7-9,11-12H2. The molecule has 5 nitrogen and oxygen atoms in total. The van der Waals surface area contributed by atoms with Crippen molar-refractivity contribution in [1.82, 2.24) is 9.88 Å². The molecule has 0 radical (unpaired) electrons. The average Bonchev–Trinajstić information content (AvgIpc) is 3.27. The van der Waals surface area contributed by atoms with Gasteiger partial charge in [-0.25, -0.2) is 4.39 Å². The van der Waals surface area contributed by atoms with Gasteiger partial charge in [-0.05, 0) is 30.3 Å². The molecule has 1 unspecified atom stereocenters. The minimum atomic E-state index is -0.461. The molecule has 3 heterocycles. The van der Waals surface area contributed by atoms with Gasteiger partial charge in [0.2, 0.25) is 11.8 Å². The predicted octanol–water partition coefficient (Wildman–Crippen LogP) is 3.90. The van der Waals surface area contributed by atoms with Crippen LogP contribution in [0.2, 0.25) is 5.02 Å². The van der Waals surface area contributed by atoms with Crippen LogP contribution in [0.15, 0.2) is 42.5 Å². The van der Waals surface area contributed by atoms with Crippen molar-refractivity contribution < 1.29 is 14.0 Å². The molecular weight excluding hydrogens is 393 g/mol. The Morgan fingerprint density at radius 3 is 2.86 bits per heavy atom. The molecule has 2 aromatic carbocycles. The highest BCUT2D eigenvalue weighted by atomic mass is 35.5. The third-order valence-electron chi connectivity index (χ3n) is 5.87. The Morgan fingerprint density at radius 2 is 2.03 bits per heavy atom. The van der Waals surface area contributed by atoms with Gasteiger partial charge in [0.05, 0.1) is 11.6 Å². The van der Waals surface area contributed by atoms with Gasteiger partial charge in [-0.2, -0.15) is 0 Å². The van der Waals surface area contributed by atoms with E-state index in [1.165, 1.54) is 11.0 Å². The Balaban J connectivity index is 1.37. The number of nitrogens with zero attached hydrogens (tertiary/aromatic N) is 2. The third-order valence-corrected chi connectivity index (χ3v) is 6.10. The number of benzene rings is 2. The van der Waals surface area contributed by atoms with Crippen molar-refractivity contribution in [3.05, 3.63) is 64.6 Å². The van der Waals surface area contributed by atoms with Gasteiger partial charge >= 0.3 is 0 Å². The smallest absolute Gasteiger partial charge is 0.228 e. The number of aromatic amines is 1. The van der Waals surface area contributed by atoms with E-state index in [1.807, 2.05) is 18.2 Å². The summed E-state index contributed by atoms with van der Waals surface area (Å²) in [7, 11) is 0. The number of aromatic nitrogens is 1. The van der Waals surface area contributed by atoms with Crippen molar-refractivity contribution in [2.24, 2.45) is 5.92 Å². The molecule has 1 aromatic heterocycles. The lowest BCUT2D eigenvalue weighted by Gasteiger charge is -2.29. The van der Waals surface area contributed by atoms with E-state index < -0.39 is 11.7 Å². The maximum atomic E-state index is 14.1. The second kappa shape index (κ2) is 6.88. The van der Waals surface area contributed by atoms with Gasteiger partial charge in [-0.3, -0.25) is 9.59 Å². The highest BCUT2D eigenvalue weighted by Crippen LogP contribution is 2.32. The van der Waals surface area contributed by atoms with E-state index in [2.05, 4.69) is 4.98 Å². The molecule has 1 saturated heterocycles. The maximum absolute atomic E-state index is 14.1. The number of carbonyl (C=O) groups excluding carboxylic acids is 2. The highest BCUT2D eigenvalue weighted by molar-refractivity contribution is 6.31. The predicted molar refractivity (Wildman–Crippen MR) is 109 cm³/mol. The lowest BCUT2D eigenvalue weighted by molar-refractivity contribution is -0.136. The molecular formula is C22H19ClFN3O2. The van der Waals surface area contributed by atoms with Gasteiger partial charge in [-0.1, -0.05) is 23.7 Å². The van der Waals surface area contributed by atoms with Crippen LogP contribution in [0.25, 0.3) is 10.9 Å². The summed E-state index contributed by atoms with van der Waals surface area (Å²) in [6, 6.07) is 11.9. The van der Waals surface area contributed by atoms with E-state index in [9.17, 15) is 14.0 Å². The van der Waals surface area contributed by atoms with Crippen molar-refractivity contribution in [3.63, 3.8) is 0 Å². The average molecular weight is 412 g/mol. The van der Waals surface area contributed by atoms with Gasteiger partial charge in [0.25, 0.3) is 0 Å². The number of fused-ring (bicyclic) bond motifs is 3. The number of rotatable bonds is 2. The molecule has 148 valence electrons. The van der Waals surface area contributed by atoms with E-state index in [4.69, 9.17) is 11.6 Å². The van der Waals surface area contributed by atoms with Gasteiger partial charge < -0.3 is 14.8 Å². The molecule has 2 amide bonds. The number of para-hydroxylation sites is 1. The van der Waals surface area contributed by atoms with Gasteiger partial charge in [-0.15, -0.1) is 0 Å². The summed E-state index contributed by atoms with van der Waals surface area (Å²) in [5, 5.41) is 1.69. The van der Waals surface area contributed by atoms with Crippen LogP contribution < -0.4 is 4.90 Å². The zero-order chi connectivity index (χ0) is 20.1. The van der Waals surface area contributed by atoms with Crippen molar-refractivity contribution >= 4 is 40.0 Å². The summed E-state index contributed by atoms with van der Waals surface area (Å²) in [6.07, 6.45) is 0.835. The molecule has 2 aliphatic rings. The van der Waals surface area contributed by atoms with Crippen LogP contribution in [-0.2, 0) is 22.6 Å². The van der Waals surface area contributed by atoms with Crippen LogP contribution in [0.4, 0.5) is 10.1 Å². The molecule has 1 N–H and O–H groups in total. The normalized spacial score (nSPS) is 19.1. The van der Waals surface area contributed by atoms with Gasteiger partial charge in [0.15, 0.2) is 0 Å². The zero-order valence-electron chi connectivity index (χ0n) is 15.6. The van der Waals surface area contributed by atoms with E-state index in [-0.39, 0.29) is 30.5 Å². The molecule has 2 aliphatic heterocycles. The number of amides is 2. The lowest BCUT2D eigenvalue weighted by atomic mass is 10.0. The number of hydrogen-bond donors (Lipinski definition) is 1. The minimum absolute atomic E-state index is 0.0563. The van der Waals surface area contributed by atoms with Crippen molar-refractivity contribution in [1.29, 1.82) is 0 Å². The number of carbonyl (C=O) groups is 2. The quantitative estimate of drug-likeness (QED) is 0.695. The second-order valence-corrected chi connectivity index (χ2v) is 8.08. The fourth-order valence-electron chi connectivity index (χ4n) is 4.41. The first-order valence-electron chi connectivity index (χ1n) is 9.64. The largest absolute Gasteiger partial charge is 0.358 e. The summed E-state index contributed by atoms with van der Waals surface area (Å²) in [6.45, 7) is 1.29. The van der Waals surface area contributed by atoms with Gasteiger partial charge in [0, 0.05) is 59.7 Å². The number of nitrogens with one attached hydrogen (secondary N) is 1. The van der Waals surface area contributed by atoms with Crippen molar-refractivity contribution in [2.75, 3.05) is 18.0 Å². The van der Waals surface area contributed by atoms with Crippen LogP contribution in [0, 0.1) is 11.7 Å². The van der Waals surface area contributed by atoms with Crippen LogP contribution >= 0.6 is 11.6 Å². The Labute approximate surface area is 172 Å². The summed E-state index contributed by atoms with van der Waals surface area (Å²) in [4.78, 5) is 32.2. The second-order valence-electron chi connectivity index (χ2n) is 7.64. The number of hydrogen-bond acceptors (Lipinski definition) is 2. The van der Waals surface area contributed by atoms with E-state index >= 15 is 0 Å². The van der Waals surface area contributed by atoms with Crippen LogP contribution in [0.1, 0.15) is 17.7 Å². The summed E-state index contributed by atoms with van der Waals surface area (Å²) in [5.41, 5.74) is 3.45. The molecule has 1 fully saturated rings. The molecule has 7 heteroatoms. The summed E-state index contributed by atoms with van der Waals surface area (Å²) in [5.74, 6) is -1.19. The van der Waals surface area contributed by atoms with Gasteiger partial charge in [0.1, 0.15) is 5.82 Å². The Hall–Kier alpha value is -2.86. The van der Waals surface area contributed by atoms with E-state index in [0.29, 0.717) is 18.1 Å². The summed E-state index contributed by atoms with van der Waals surface area (Å²) >= 11 is 6.16. The molecule has 1 atom stereocenters. The topological polar surface area (TPSA) is 56.4 Å². The van der Waals surface area contributed by atoms with Crippen LogP contribution in [0.5, 0.6) is 0 Å². The van der Waals surface area contributed by atoms with Crippen LogP contribution in [0.3, 0.4) is 0 Å². The Bertz CT molecular complexity index is 1140. The lowest BCUT2D eigenvalue weighted by Crippen LogP contribution is -2.40. The molecule has 5 rings (SSSR count). The first-order valence-corrected chi connectivity index (χ1v) is 10.0. The maximum Gasteiger partial charge on any atom is 0.228 e. The fourth-order valence-corrected chi connectivity index (χ4v) is 4.58. The van der Waals surface area contributed by atoms with Crippen molar-refractivity contribution in [2.45, 2.75) is 19.4 Å². The molecule has 3 aromatic rings. The molecule has 0 aliphatic carbocycles. The summed E-state index contributed by atoms with van der Waals surface area (Å²) < 4.78 is 14.1. The van der Waals surface area contributed by atoms with E-state index in [0.717, 1.165) is 28.6 Å². The first kappa shape index (κ1) is 18.2. The monoisotopic (exact) mass is 411 g/mol. The molecule has 0 spiro atoms. The van der Waals surface area contributed by atoms with E-state index in [1.54, 1.807) is 23.1 Å². The first-order chi connectivity index (χ1) is 14.0. The molecule has 29 heavy (non-hydrogen) atoms. The minimum Gasteiger partial charge on any atom is -0.358 e.